The van der Waals surface area contributed by atoms with Gasteiger partial charge in [-0.2, -0.15) is 0 Å². The lowest BCUT2D eigenvalue weighted by Crippen LogP contribution is -2.49. The fraction of sp³-hybridized carbons (Fsp3) is 0.909. The van der Waals surface area contributed by atoms with Crippen molar-refractivity contribution in [3.05, 3.63) is 0 Å². The number of ether oxygens (including phenoxy) is 1. The van der Waals surface area contributed by atoms with Crippen molar-refractivity contribution in [1.29, 1.82) is 0 Å². The van der Waals surface area contributed by atoms with E-state index in [1.54, 1.807) is 0 Å². The van der Waals surface area contributed by atoms with Gasteiger partial charge in [-0.1, -0.05) is 6.92 Å². The van der Waals surface area contributed by atoms with Crippen molar-refractivity contribution < 1.29 is 14.6 Å². The molecule has 1 heterocycles. The number of carbonyl (C=O) groups is 1. The molecular weight excluding hydrogens is 194 g/mol. The summed E-state index contributed by atoms with van der Waals surface area (Å²) in [6.45, 7) is 5.75. The number of methoxy groups -OCH3 is 1. The quantitative estimate of drug-likeness (QED) is 0.702. The summed E-state index contributed by atoms with van der Waals surface area (Å²) in [5.74, 6) is -0.673. The highest BCUT2D eigenvalue weighted by atomic mass is 16.5. The fourth-order valence-electron chi connectivity index (χ4n) is 2.01. The van der Waals surface area contributed by atoms with E-state index in [-0.39, 0.29) is 11.9 Å². The number of aliphatic hydroxyl groups excluding tert-OH is 1. The topological polar surface area (TPSA) is 49.8 Å². The molecule has 1 rings (SSSR count). The minimum Gasteiger partial charge on any atom is -0.469 e. The van der Waals surface area contributed by atoms with Gasteiger partial charge in [0.05, 0.1) is 19.1 Å². The molecule has 4 nitrogen and oxygen atoms in total. The number of aliphatic hydroxyl groups is 1. The van der Waals surface area contributed by atoms with Crippen molar-refractivity contribution in [2.45, 2.75) is 38.8 Å². The molecule has 0 aliphatic carbocycles. The van der Waals surface area contributed by atoms with Crippen LogP contribution in [0.3, 0.4) is 0 Å². The summed E-state index contributed by atoms with van der Waals surface area (Å²) in [5.41, 5.74) is 0. The van der Waals surface area contributed by atoms with Crippen molar-refractivity contribution in [1.82, 2.24) is 4.90 Å². The first-order chi connectivity index (χ1) is 7.10. The molecule has 88 valence electrons. The Bertz CT molecular complexity index is 220. The van der Waals surface area contributed by atoms with Gasteiger partial charge in [0.25, 0.3) is 0 Å². The van der Waals surface area contributed by atoms with Crippen molar-refractivity contribution in [2.75, 3.05) is 20.2 Å². The third-order valence-corrected chi connectivity index (χ3v) is 3.33. The first-order valence-electron chi connectivity index (χ1n) is 5.60. The largest absolute Gasteiger partial charge is 0.469 e. The van der Waals surface area contributed by atoms with E-state index in [1.807, 2.05) is 0 Å². The number of carbonyl (C=O) groups excluding carboxylic acids is 1. The van der Waals surface area contributed by atoms with Crippen molar-refractivity contribution in [3.8, 4) is 0 Å². The van der Waals surface area contributed by atoms with Crippen LogP contribution in [0.2, 0.25) is 0 Å². The standard InChI is InChI=1S/C11H21NO3/c1-4-8(2)12-6-5-10(13)9(7-12)11(14)15-3/h8-10,13H,4-7H2,1-3H3. The molecule has 0 amide bonds. The third-order valence-electron chi connectivity index (χ3n) is 3.33. The molecule has 1 aliphatic heterocycles. The van der Waals surface area contributed by atoms with Gasteiger partial charge in [0.1, 0.15) is 0 Å². The lowest BCUT2D eigenvalue weighted by atomic mass is 9.93. The van der Waals surface area contributed by atoms with Crippen molar-refractivity contribution in [2.24, 2.45) is 5.92 Å². The van der Waals surface area contributed by atoms with Gasteiger partial charge in [-0.3, -0.25) is 9.69 Å². The number of nitrogens with zero attached hydrogens (tertiary/aromatic N) is 1. The second-order valence-corrected chi connectivity index (χ2v) is 4.24. The summed E-state index contributed by atoms with van der Waals surface area (Å²) in [4.78, 5) is 13.7. The smallest absolute Gasteiger partial charge is 0.312 e. The van der Waals surface area contributed by atoms with Gasteiger partial charge in [0.15, 0.2) is 0 Å². The molecule has 15 heavy (non-hydrogen) atoms. The Labute approximate surface area is 91.2 Å². The van der Waals surface area contributed by atoms with E-state index in [1.165, 1.54) is 7.11 Å². The summed E-state index contributed by atoms with van der Waals surface area (Å²) in [6, 6.07) is 0.463. The lowest BCUT2D eigenvalue weighted by molar-refractivity contribution is -0.153. The second kappa shape index (κ2) is 5.47. The highest BCUT2D eigenvalue weighted by Crippen LogP contribution is 2.21. The van der Waals surface area contributed by atoms with Gasteiger partial charge in [-0.05, 0) is 19.8 Å². The van der Waals surface area contributed by atoms with Crippen LogP contribution in [0.5, 0.6) is 0 Å². The molecule has 0 saturated carbocycles. The van der Waals surface area contributed by atoms with E-state index in [9.17, 15) is 9.90 Å². The van der Waals surface area contributed by atoms with E-state index in [2.05, 4.69) is 18.7 Å². The maximum Gasteiger partial charge on any atom is 0.312 e. The Morgan fingerprint density at radius 2 is 2.33 bits per heavy atom. The van der Waals surface area contributed by atoms with Crippen LogP contribution in [-0.2, 0) is 9.53 Å². The van der Waals surface area contributed by atoms with Crippen LogP contribution in [0.1, 0.15) is 26.7 Å². The number of likely N-dealkylation sites (tertiary alicyclic amines) is 1. The normalized spacial score (nSPS) is 29.9. The molecule has 1 fully saturated rings. The predicted octanol–water partition coefficient (Wildman–Crippen LogP) is 0.641. The monoisotopic (exact) mass is 215 g/mol. The summed E-state index contributed by atoms with van der Waals surface area (Å²) >= 11 is 0. The summed E-state index contributed by atoms with van der Waals surface area (Å²) in [5, 5.41) is 9.72. The molecule has 0 spiro atoms. The fourth-order valence-corrected chi connectivity index (χ4v) is 2.01. The second-order valence-electron chi connectivity index (χ2n) is 4.24. The van der Waals surface area contributed by atoms with E-state index in [0.717, 1.165) is 13.0 Å². The summed E-state index contributed by atoms with van der Waals surface area (Å²) < 4.78 is 4.70. The number of piperidine rings is 1. The van der Waals surface area contributed by atoms with Crippen LogP contribution in [-0.4, -0.2) is 48.3 Å². The molecule has 1 N–H and O–H groups in total. The van der Waals surface area contributed by atoms with Gasteiger partial charge in [-0.15, -0.1) is 0 Å². The van der Waals surface area contributed by atoms with Gasteiger partial charge < -0.3 is 9.84 Å². The molecular formula is C11H21NO3. The Morgan fingerprint density at radius 3 is 2.87 bits per heavy atom. The third kappa shape index (κ3) is 2.92. The van der Waals surface area contributed by atoms with Gasteiger partial charge in [0.2, 0.25) is 0 Å². The van der Waals surface area contributed by atoms with E-state index in [4.69, 9.17) is 4.74 Å². The Balaban J connectivity index is 2.59. The highest BCUT2D eigenvalue weighted by molar-refractivity contribution is 5.73. The molecule has 1 saturated heterocycles. The highest BCUT2D eigenvalue weighted by Gasteiger charge is 2.34. The Hall–Kier alpha value is -0.610. The maximum absolute atomic E-state index is 11.4. The van der Waals surface area contributed by atoms with Gasteiger partial charge in [0, 0.05) is 19.1 Å². The number of esters is 1. The minimum absolute atomic E-state index is 0.296. The molecule has 3 atom stereocenters. The maximum atomic E-state index is 11.4. The number of hydrogen-bond acceptors (Lipinski definition) is 4. The zero-order valence-electron chi connectivity index (χ0n) is 9.77. The first-order valence-corrected chi connectivity index (χ1v) is 5.60. The van der Waals surface area contributed by atoms with Gasteiger partial charge in [-0.25, -0.2) is 0 Å². The van der Waals surface area contributed by atoms with Crippen LogP contribution >= 0.6 is 0 Å². The molecule has 1 aliphatic rings. The molecule has 4 heteroatoms. The van der Waals surface area contributed by atoms with Crippen molar-refractivity contribution >= 4 is 5.97 Å². The van der Waals surface area contributed by atoms with E-state index >= 15 is 0 Å². The summed E-state index contributed by atoms with van der Waals surface area (Å²) in [6.07, 6.45) is 1.17. The predicted molar refractivity (Wildman–Crippen MR) is 57.5 cm³/mol. The molecule has 0 aromatic heterocycles. The minimum atomic E-state index is -0.544. The Kier molecular flexibility index (Phi) is 4.54. The van der Waals surface area contributed by atoms with Crippen LogP contribution in [0.25, 0.3) is 0 Å². The SMILES string of the molecule is CCC(C)N1CCC(O)C(C(=O)OC)C1. The molecule has 0 radical (unpaired) electrons. The Morgan fingerprint density at radius 1 is 1.67 bits per heavy atom. The number of rotatable bonds is 3. The number of hydrogen-bond donors (Lipinski definition) is 1. The average Bonchev–Trinajstić information content (AvgIpc) is 2.27. The molecule has 0 aromatic carbocycles. The lowest BCUT2D eigenvalue weighted by Gasteiger charge is -2.37. The average molecular weight is 215 g/mol. The molecule has 0 aromatic rings. The molecule has 3 unspecified atom stereocenters. The molecule has 0 bridgehead atoms. The van der Waals surface area contributed by atoms with Crippen LogP contribution in [0.4, 0.5) is 0 Å². The zero-order valence-corrected chi connectivity index (χ0v) is 9.77. The van der Waals surface area contributed by atoms with E-state index in [0.29, 0.717) is 19.0 Å². The summed E-state index contributed by atoms with van der Waals surface area (Å²) in [7, 11) is 1.37. The van der Waals surface area contributed by atoms with Crippen LogP contribution in [0.15, 0.2) is 0 Å². The van der Waals surface area contributed by atoms with E-state index < -0.39 is 6.10 Å². The van der Waals surface area contributed by atoms with Gasteiger partial charge >= 0.3 is 5.97 Å². The van der Waals surface area contributed by atoms with Crippen molar-refractivity contribution in [3.63, 3.8) is 0 Å². The van der Waals surface area contributed by atoms with Crippen LogP contribution < -0.4 is 0 Å². The van der Waals surface area contributed by atoms with Crippen LogP contribution in [0, 0.1) is 5.92 Å². The first kappa shape index (κ1) is 12.5. The zero-order chi connectivity index (χ0) is 11.4.